The van der Waals surface area contributed by atoms with Crippen LogP contribution in [-0.4, -0.2) is 50.1 Å². The van der Waals surface area contributed by atoms with Crippen molar-refractivity contribution in [1.82, 2.24) is 15.5 Å². The summed E-state index contributed by atoms with van der Waals surface area (Å²) in [5.74, 6) is 1.79. The molecule has 0 amide bonds. The second kappa shape index (κ2) is 10.6. The van der Waals surface area contributed by atoms with Crippen LogP contribution in [0.3, 0.4) is 0 Å². The van der Waals surface area contributed by atoms with Gasteiger partial charge in [0.1, 0.15) is 0 Å². The number of hydrogen-bond donors (Lipinski definition) is 2. The highest BCUT2D eigenvalue weighted by molar-refractivity contribution is 14.0. The van der Waals surface area contributed by atoms with E-state index in [1.807, 2.05) is 7.05 Å². The molecule has 1 heterocycles. The van der Waals surface area contributed by atoms with Crippen molar-refractivity contribution in [2.24, 2.45) is 10.9 Å². The Hall–Kier alpha value is -0.0400. The van der Waals surface area contributed by atoms with Crippen LogP contribution in [0.4, 0.5) is 0 Å². The van der Waals surface area contributed by atoms with Crippen molar-refractivity contribution in [2.75, 3.05) is 33.2 Å². The molecule has 1 unspecified atom stereocenters. The van der Waals surface area contributed by atoms with E-state index in [0.717, 1.165) is 18.4 Å². The molecule has 0 aromatic rings. The minimum absolute atomic E-state index is 0. The van der Waals surface area contributed by atoms with Gasteiger partial charge in [-0.3, -0.25) is 4.99 Å². The van der Waals surface area contributed by atoms with Gasteiger partial charge in [-0.1, -0.05) is 26.2 Å². The maximum atomic E-state index is 4.38. The van der Waals surface area contributed by atoms with Gasteiger partial charge < -0.3 is 15.5 Å². The van der Waals surface area contributed by atoms with E-state index in [1.165, 1.54) is 64.6 Å². The molecule has 0 aromatic heterocycles. The number of likely N-dealkylation sites (tertiary alicyclic amines) is 1. The summed E-state index contributed by atoms with van der Waals surface area (Å²) in [4.78, 5) is 6.97. The van der Waals surface area contributed by atoms with Crippen LogP contribution >= 0.6 is 24.0 Å². The third kappa shape index (κ3) is 6.72. The molecule has 5 heteroatoms. The van der Waals surface area contributed by atoms with E-state index in [0.29, 0.717) is 6.04 Å². The molecular weight excluding hydrogens is 375 g/mol. The minimum atomic E-state index is 0. The molecule has 1 atom stereocenters. The molecule has 1 aliphatic heterocycles. The lowest BCUT2D eigenvalue weighted by molar-refractivity contribution is 0.324. The van der Waals surface area contributed by atoms with Gasteiger partial charge in [-0.25, -0.2) is 0 Å². The average Bonchev–Trinajstić information content (AvgIpc) is 2.92. The minimum Gasteiger partial charge on any atom is -0.356 e. The second-order valence-corrected chi connectivity index (χ2v) is 6.39. The van der Waals surface area contributed by atoms with E-state index in [-0.39, 0.29) is 24.0 Å². The third-order valence-corrected chi connectivity index (χ3v) is 4.64. The maximum Gasteiger partial charge on any atom is 0.191 e. The summed E-state index contributed by atoms with van der Waals surface area (Å²) >= 11 is 0. The standard InChI is InChI=1S/C16H32N4.HI/c1-3-10-20-11-9-14(13-20)12-18-16(17-2)19-15-7-5-4-6-8-15;/h14-15H,3-13H2,1-2H3,(H2,17,18,19);1H. The topological polar surface area (TPSA) is 39.7 Å². The Morgan fingerprint density at radius 2 is 1.95 bits per heavy atom. The SMILES string of the molecule is CCCN1CCC(CNC(=NC)NC2CCCCC2)C1.I. The molecule has 2 rings (SSSR count). The predicted molar refractivity (Wildman–Crippen MR) is 102 cm³/mol. The second-order valence-electron chi connectivity index (χ2n) is 6.39. The Morgan fingerprint density at radius 1 is 1.19 bits per heavy atom. The Bertz CT molecular complexity index is 303. The highest BCUT2D eigenvalue weighted by Crippen LogP contribution is 2.17. The number of halogens is 1. The number of aliphatic imine (C=N–C) groups is 1. The molecule has 0 radical (unpaired) electrons. The maximum absolute atomic E-state index is 4.38. The van der Waals surface area contributed by atoms with Crippen molar-refractivity contribution in [3.05, 3.63) is 0 Å². The average molecular weight is 408 g/mol. The molecule has 1 saturated carbocycles. The fourth-order valence-corrected chi connectivity index (χ4v) is 3.47. The van der Waals surface area contributed by atoms with Crippen molar-refractivity contribution in [3.8, 4) is 0 Å². The van der Waals surface area contributed by atoms with E-state index in [9.17, 15) is 0 Å². The lowest BCUT2D eigenvalue weighted by atomic mass is 9.96. The van der Waals surface area contributed by atoms with Gasteiger partial charge in [0.15, 0.2) is 5.96 Å². The van der Waals surface area contributed by atoms with Crippen LogP contribution in [0.15, 0.2) is 4.99 Å². The van der Waals surface area contributed by atoms with Crippen molar-refractivity contribution < 1.29 is 0 Å². The molecule has 2 fully saturated rings. The summed E-state index contributed by atoms with van der Waals surface area (Å²) < 4.78 is 0. The van der Waals surface area contributed by atoms with Crippen LogP contribution < -0.4 is 10.6 Å². The number of rotatable bonds is 5. The van der Waals surface area contributed by atoms with Gasteiger partial charge in [-0.2, -0.15) is 0 Å². The van der Waals surface area contributed by atoms with Crippen molar-refractivity contribution in [2.45, 2.75) is 57.9 Å². The van der Waals surface area contributed by atoms with E-state index >= 15 is 0 Å². The largest absolute Gasteiger partial charge is 0.356 e. The van der Waals surface area contributed by atoms with E-state index in [2.05, 4.69) is 27.4 Å². The lowest BCUT2D eigenvalue weighted by Gasteiger charge is -2.25. The first kappa shape index (κ1) is 19.0. The van der Waals surface area contributed by atoms with E-state index in [4.69, 9.17) is 0 Å². The third-order valence-electron chi connectivity index (χ3n) is 4.64. The zero-order valence-electron chi connectivity index (χ0n) is 13.7. The van der Waals surface area contributed by atoms with Crippen LogP contribution in [0.1, 0.15) is 51.9 Å². The van der Waals surface area contributed by atoms with E-state index < -0.39 is 0 Å². The monoisotopic (exact) mass is 408 g/mol. The molecule has 0 bridgehead atoms. The molecule has 0 spiro atoms. The summed E-state index contributed by atoms with van der Waals surface area (Å²) in [6.07, 6.45) is 9.33. The fourth-order valence-electron chi connectivity index (χ4n) is 3.47. The molecule has 2 N–H and O–H groups in total. The van der Waals surface area contributed by atoms with Gasteiger partial charge in [0.25, 0.3) is 0 Å². The number of hydrogen-bond acceptors (Lipinski definition) is 2. The summed E-state index contributed by atoms with van der Waals surface area (Å²) in [5.41, 5.74) is 0. The lowest BCUT2D eigenvalue weighted by Crippen LogP contribution is -2.45. The fraction of sp³-hybridized carbons (Fsp3) is 0.938. The van der Waals surface area contributed by atoms with Crippen LogP contribution in [0.5, 0.6) is 0 Å². The van der Waals surface area contributed by atoms with Crippen LogP contribution in [0, 0.1) is 5.92 Å². The number of nitrogens with zero attached hydrogens (tertiary/aromatic N) is 2. The summed E-state index contributed by atoms with van der Waals surface area (Å²) in [6.45, 7) is 7.11. The zero-order chi connectivity index (χ0) is 14.2. The van der Waals surface area contributed by atoms with Gasteiger partial charge in [0.05, 0.1) is 0 Å². The molecule has 1 saturated heterocycles. The predicted octanol–water partition coefficient (Wildman–Crippen LogP) is 2.83. The summed E-state index contributed by atoms with van der Waals surface area (Å²) in [7, 11) is 1.89. The molecule has 1 aliphatic carbocycles. The van der Waals surface area contributed by atoms with Gasteiger partial charge in [0.2, 0.25) is 0 Å². The quantitative estimate of drug-likeness (QED) is 0.418. The Morgan fingerprint density at radius 3 is 2.62 bits per heavy atom. The molecule has 0 aromatic carbocycles. The van der Waals surface area contributed by atoms with Crippen molar-refractivity contribution >= 4 is 29.9 Å². The van der Waals surface area contributed by atoms with Gasteiger partial charge in [-0.05, 0) is 44.7 Å². The normalized spacial score (nSPS) is 24.7. The van der Waals surface area contributed by atoms with Crippen LogP contribution in [-0.2, 0) is 0 Å². The molecule has 2 aliphatic rings. The number of nitrogens with one attached hydrogen (secondary N) is 2. The first-order chi connectivity index (χ1) is 9.81. The smallest absolute Gasteiger partial charge is 0.191 e. The molecular formula is C16H33IN4. The Balaban J connectivity index is 0.00000220. The van der Waals surface area contributed by atoms with Crippen LogP contribution in [0.2, 0.25) is 0 Å². The van der Waals surface area contributed by atoms with Crippen molar-refractivity contribution in [3.63, 3.8) is 0 Å². The first-order valence-corrected chi connectivity index (χ1v) is 8.51. The zero-order valence-corrected chi connectivity index (χ0v) is 16.1. The number of guanidine groups is 1. The highest BCUT2D eigenvalue weighted by atomic mass is 127. The summed E-state index contributed by atoms with van der Waals surface area (Å²) in [6, 6.07) is 0.634. The van der Waals surface area contributed by atoms with Gasteiger partial charge in [-0.15, -0.1) is 24.0 Å². The summed E-state index contributed by atoms with van der Waals surface area (Å²) in [5, 5.41) is 7.12. The van der Waals surface area contributed by atoms with E-state index in [1.54, 1.807) is 0 Å². The molecule has 4 nitrogen and oxygen atoms in total. The van der Waals surface area contributed by atoms with Crippen LogP contribution in [0.25, 0.3) is 0 Å². The first-order valence-electron chi connectivity index (χ1n) is 8.51. The van der Waals surface area contributed by atoms with Gasteiger partial charge >= 0.3 is 0 Å². The molecule has 21 heavy (non-hydrogen) atoms. The Labute approximate surface area is 147 Å². The molecule has 124 valence electrons. The highest BCUT2D eigenvalue weighted by Gasteiger charge is 2.22. The van der Waals surface area contributed by atoms with Crippen molar-refractivity contribution in [1.29, 1.82) is 0 Å². The Kier molecular flexibility index (Phi) is 9.64. The van der Waals surface area contributed by atoms with Gasteiger partial charge in [0, 0.05) is 26.2 Å².